The molecule has 2 aliphatic rings. The van der Waals surface area contributed by atoms with Gasteiger partial charge in [-0.05, 0) is 42.9 Å². The predicted molar refractivity (Wildman–Crippen MR) is 63.1 cm³/mol. The van der Waals surface area contributed by atoms with Crippen molar-refractivity contribution in [1.29, 1.82) is 0 Å². The molecule has 2 fully saturated rings. The molecule has 1 nitrogen and oxygen atoms in total. The van der Waals surface area contributed by atoms with Crippen LogP contribution in [0.25, 0.3) is 0 Å². The fraction of sp³-hybridized carbons (Fsp3) is 0.538. The second-order valence-electron chi connectivity index (χ2n) is 5.05. The van der Waals surface area contributed by atoms with Gasteiger partial charge in [-0.2, -0.15) is 0 Å². The summed E-state index contributed by atoms with van der Waals surface area (Å²) in [6.07, 6.45) is 5.17. The lowest BCUT2D eigenvalue weighted by Gasteiger charge is -2.32. The lowest BCUT2D eigenvalue weighted by Crippen LogP contribution is -2.38. The topological polar surface area (TPSA) is 26.0 Å². The summed E-state index contributed by atoms with van der Waals surface area (Å²) in [5.74, 6) is 1.32. The first-order valence-corrected chi connectivity index (χ1v) is 6.12. The fourth-order valence-electron chi connectivity index (χ4n) is 2.84. The summed E-state index contributed by atoms with van der Waals surface area (Å²) in [4.78, 5) is 0. The second-order valence-corrected chi connectivity index (χ2v) is 5.49. The average Bonchev–Trinajstić information content (AvgIpc) is 2.75. The molecule has 15 heavy (non-hydrogen) atoms. The van der Waals surface area contributed by atoms with Crippen LogP contribution in [0, 0.1) is 5.92 Å². The van der Waals surface area contributed by atoms with E-state index in [-0.39, 0.29) is 5.54 Å². The minimum atomic E-state index is 0.100. The Kier molecular flexibility index (Phi) is 2.08. The van der Waals surface area contributed by atoms with E-state index in [2.05, 4.69) is 12.1 Å². The molecule has 0 aliphatic heterocycles. The van der Waals surface area contributed by atoms with E-state index in [1.54, 1.807) is 0 Å². The van der Waals surface area contributed by atoms with Gasteiger partial charge < -0.3 is 5.73 Å². The van der Waals surface area contributed by atoms with Gasteiger partial charge in [0.05, 0.1) is 0 Å². The molecule has 1 aromatic rings. The molecule has 1 aromatic carbocycles. The molecule has 80 valence electrons. The van der Waals surface area contributed by atoms with Gasteiger partial charge in [0.25, 0.3) is 0 Å². The lowest BCUT2D eigenvalue weighted by molar-refractivity contribution is 0.242. The number of nitrogens with two attached hydrogens (primary N) is 1. The molecule has 2 N–H and O–H groups in total. The van der Waals surface area contributed by atoms with Crippen LogP contribution < -0.4 is 5.73 Å². The van der Waals surface area contributed by atoms with Gasteiger partial charge >= 0.3 is 0 Å². The van der Waals surface area contributed by atoms with Crippen molar-refractivity contribution in [3.05, 3.63) is 34.9 Å². The maximum absolute atomic E-state index is 6.44. The van der Waals surface area contributed by atoms with Crippen LogP contribution in [0.2, 0.25) is 5.02 Å². The van der Waals surface area contributed by atoms with Crippen molar-refractivity contribution in [2.24, 2.45) is 11.7 Å². The van der Waals surface area contributed by atoms with Crippen LogP contribution in [0.4, 0.5) is 0 Å². The Hall–Kier alpha value is -0.530. The maximum Gasteiger partial charge on any atom is 0.0408 e. The summed E-state index contributed by atoms with van der Waals surface area (Å²) < 4.78 is 0. The summed E-state index contributed by atoms with van der Waals surface area (Å²) >= 11 is 6.00. The van der Waals surface area contributed by atoms with Crippen LogP contribution in [0.15, 0.2) is 24.3 Å². The Morgan fingerprint density at radius 2 is 2.13 bits per heavy atom. The number of halogens is 1. The van der Waals surface area contributed by atoms with Crippen molar-refractivity contribution in [3.63, 3.8) is 0 Å². The van der Waals surface area contributed by atoms with E-state index in [9.17, 15) is 0 Å². The third-order valence-corrected chi connectivity index (χ3v) is 4.40. The molecule has 2 atom stereocenters. The van der Waals surface area contributed by atoms with Gasteiger partial charge in [0, 0.05) is 16.5 Å². The molecule has 0 radical (unpaired) electrons. The van der Waals surface area contributed by atoms with Crippen LogP contribution in [0.3, 0.4) is 0 Å². The van der Waals surface area contributed by atoms with Gasteiger partial charge in [0.2, 0.25) is 0 Å². The number of rotatable bonds is 2. The van der Waals surface area contributed by atoms with Gasteiger partial charge in [0.15, 0.2) is 0 Å². The zero-order valence-electron chi connectivity index (χ0n) is 8.75. The number of hydrogen-bond donors (Lipinski definition) is 1. The van der Waals surface area contributed by atoms with Crippen LogP contribution in [0.1, 0.15) is 37.2 Å². The van der Waals surface area contributed by atoms with Crippen LogP contribution in [-0.2, 0) is 0 Å². The average molecular weight is 222 g/mol. The molecule has 0 bridgehead atoms. The van der Waals surface area contributed by atoms with E-state index in [0.717, 1.165) is 17.4 Å². The van der Waals surface area contributed by atoms with Gasteiger partial charge in [-0.25, -0.2) is 0 Å². The molecule has 2 unspecified atom stereocenters. The minimum absolute atomic E-state index is 0.100. The Bertz CT molecular complexity index is 386. The highest BCUT2D eigenvalue weighted by molar-refractivity contribution is 6.30. The third kappa shape index (κ3) is 1.49. The van der Waals surface area contributed by atoms with Crippen molar-refractivity contribution in [3.8, 4) is 0 Å². The van der Waals surface area contributed by atoms with Crippen LogP contribution in [0.5, 0.6) is 0 Å². The van der Waals surface area contributed by atoms with E-state index in [0.29, 0.717) is 5.92 Å². The standard InChI is InChI=1S/C13H16ClN/c14-11-6-1-3-9(7-11)12-8-13(12,15)10-4-2-5-10/h1,3,6-7,10,12H,2,4-5,8,15H2. The van der Waals surface area contributed by atoms with E-state index in [1.165, 1.54) is 24.8 Å². The van der Waals surface area contributed by atoms with E-state index in [1.807, 2.05) is 12.1 Å². The molecule has 3 rings (SSSR count). The van der Waals surface area contributed by atoms with Gasteiger partial charge in [-0.15, -0.1) is 0 Å². The molecule has 0 heterocycles. The molecule has 0 saturated heterocycles. The van der Waals surface area contributed by atoms with Crippen molar-refractivity contribution in [1.82, 2.24) is 0 Å². The van der Waals surface area contributed by atoms with Gasteiger partial charge in [0.1, 0.15) is 0 Å². The second kappa shape index (κ2) is 3.23. The minimum Gasteiger partial charge on any atom is -0.324 e. The summed E-state index contributed by atoms with van der Waals surface area (Å²) in [5.41, 5.74) is 7.87. The summed E-state index contributed by atoms with van der Waals surface area (Å²) in [6, 6.07) is 8.18. The maximum atomic E-state index is 6.44. The predicted octanol–water partition coefficient (Wildman–Crippen LogP) is 3.32. The smallest absolute Gasteiger partial charge is 0.0408 e. The molecule has 0 amide bonds. The Balaban J connectivity index is 1.80. The quantitative estimate of drug-likeness (QED) is 0.815. The normalized spacial score (nSPS) is 34.9. The fourth-order valence-corrected chi connectivity index (χ4v) is 3.04. The van der Waals surface area contributed by atoms with Crippen molar-refractivity contribution in [2.45, 2.75) is 37.1 Å². The lowest BCUT2D eigenvalue weighted by atomic mass is 9.77. The summed E-state index contributed by atoms with van der Waals surface area (Å²) in [7, 11) is 0. The SMILES string of the molecule is NC1(C2CCC2)CC1c1cccc(Cl)c1. The van der Waals surface area contributed by atoms with Gasteiger partial charge in [-0.3, -0.25) is 0 Å². The highest BCUT2D eigenvalue weighted by atomic mass is 35.5. The molecule has 0 aromatic heterocycles. The van der Waals surface area contributed by atoms with E-state index in [4.69, 9.17) is 17.3 Å². The first-order chi connectivity index (χ1) is 7.20. The van der Waals surface area contributed by atoms with E-state index >= 15 is 0 Å². The molecule has 2 saturated carbocycles. The zero-order chi connectivity index (χ0) is 10.5. The van der Waals surface area contributed by atoms with Crippen LogP contribution >= 0.6 is 11.6 Å². The number of hydrogen-bond acceptors (Lipinski definition) is 1. The number of benzene rings is 1. The first kappa shape index (κ1) is 9.68. The molecule has 2 heteroatoms. The molecule has 0 spiro atoms. The Labute approximate surface area is 95.6 Å². The zero-order valence-corrected chi connectivity index (χ0v) is 9.50. The van der Waals surface area contributed by atoms with Crippen molar-refractivity contribution >= 4 is 11.6 Å². The third-order valence-electron chi connectivity index (χ3n) is 4.16. The van der Waals surface area contributed by atoms with Crippen LogP contribution in [-0.4, -0.2) is 5.54 Å². The Morgan fingerprint density at radius 1 is 1.33 bits per heavy atom. The monoisotopic (exact) mass is 221 g/mol. The summed E-state index contributed by atoms with van der Waals surface area (Å²) in [6.45, 7) is 0. The first-order valence-electron chi connectivity index (χ1n) is 5.74. The molecule has 2 aliphatic carbocycles. The summed E-state index contributed by atoms with van der Waals surface area (Å²) in [5, 5.41) is 0.829. The Morgan fingerprint density at radius 3 is 2.73 bits per heavy atom. The molecular weight excluding hydrogens is 206 g/mol. The van der Waals surface area contributed by atoms with Crippen molar-refractivity contribution < 1.29 is 0 Å². The van der Waals surface area contributed by atoms with Crippen molar-refractivity contribution in [2.75, 3.05) is 0 Å². The van der Waals surface area contributed by atoms with Gasteiger partial charge in [-0.1, -0.05) is 30.2 Å². The largest absolute Gasteiger partial charge is 0.324 e. The highest BCUT2D eigenvalue weighted by Crippen LogP contribution is 2.58. The van der Waals surface area contributed by atoms with E-state index < -0.39 is 0 Å². The highest BCUT2D eigenvalue weighted by Gasteiger charge is 2.57. The molecular formula is C13H16ClN.